The van der Waals surface area contributed by atoms with Crippen LogP contribution in [-0.2, 0) is 0 Å². The van der Waals surface area contributed by atoms with Crippen molar-refractivity contribution in [2.75, 3.05) is 5.75 Å². The third-order valence-corrected chi connectivity index (χ3v) is 5.12. The molecule has 20 heavy (non-hydrogen) atoms. The van der Waals surface area contributed by atoms with Crippen molar-refractivity contribution < 1.29 is 0 Å². The van der Waals surface area contributed by atoms with E-state index in [0.29, 0.717) is 0 Å². The van der Waals surface area contributed by atoms with Gasteiger partial charge in [-0.1, -0.05) is 43.7 Å². The summed E-state index contributed by atoms with van der Waals surface area (Å²) in [6.07, 6.45) is 4.12. The van der Waals surface area contributed by atoms with Crippen LogP contribution in [0.1, 0.15) is 19.8 Å². The molecule has 0 N–H and O–H groups in total. The second-order valence-corrected chi connectivity index (χ2v) is 6.52. The summed E-state index contributed by atoms with van der Waals surface area (Å²) in [6, 6.07) is 10.5. The number of benzene rings is 1. The summed E-state index contributed by atoms with van der Waals surface area (Å²) >= 11 is 3.54. The van der Waals surface area contributed by atoms with Crippen LogP contribution in [0.25, 0.3) is 21.3 Å². The van der Waals surface area contributed by atoms with E-state index in [2.05, 4.69) is 46.5 Å². The molecule has 4 heteroatoms. The zero-order valence-corrected chi connectivity index (χ0v) is 13.0. The monoisotopic (exact) mass is 300 g/mol. The minimum atomic E-state index is 1.08. The van der Waals surface area contributed by atoms with Gasteiger partial charge in [-0.25, -0.2) is 9.97 Å². The molecule has 3 rings (SSSR count). The molecule has 0 saturated carbocycles. The lowest BCUT2D eigenvalue weighted by atomic mass is 10.1. The van der Waals surface area contributed by atoms with Crippen molar-refractivity contribution in [3.63, 3.8) is 0 Å². The van der Waals surface area contributed by atoms with Crippen LogP contribution >= 0.6 is 23.1 Å². The van der Waals surface area contributed by atoms with E-state index in [1.54, 1.807) is 17.7 Å². The van der Waals surface area contributed by atoms with Gasteiger partial charge in [0.1, 0.15) is 16.2 Å². The van der Waals surface area contributed by atoms with Crippen molar-refractivity contribution in [3.8, 4) is 11.1 Å². The Morgan fingerprint density at radius 2 is 2.00 bits per heavy atom. The first-order valence-electron chi connectivity index (χ1n) is 6.80. The van der Waals surface area contributed by atoms with Crippen molar-refractivity contribution >= 4 is 33.3 Å². The molecule has 0 aliphatic carbocycles. The molecule has 3 aromatic rings. The highest BCUT2D eigenvalue weighted by Crippen LogP contribution is 2.37. The number of thioether (sulfide) groups is 1. The third kappa shape index (κ3) is 2.72. The third-order valence-electron chi connectivity index (χ3n) is 3.16. The Kier molecular flexibility index (Phi) is 4.33. The number of fused-ring (bicyclic) bond motifs is 1. The van der Waals surface area contributed by atoms with Gasteiger partial charge in [-0.2, -0.15) is 0 Å². The molecule has 0 spiro atoms. The molecule has 0 unspecified atom stereocenters. The van der Waals surface area contributed by atoms with Crippen molar-refractivity contribution in [1.82, 2.24) is 9.97 Å². The fourth-order valence-corrected chi connectivity index (χ4v) is 4.18. The van der Waals surface area contributed by atoms with E-state index in [1.807, 2.05) is 17.8 Å². The van der Waals surface area contributed by atoms with E-state index in [-0.39, 0.29) is 0 Å². The van der Waals surface area contributed by atoms with E-state index in [0.717, 1.165) is 15.6 Å². The van der Waals surface area contributed by atoms with Gasteiger partial charge in [-0.3, -0.25) is 0 Å². The van der Waals surface area contributed by atoms with Crippen LogP contribution in [0.4, 0.5) is 0 Å². The van der Waals surface area contributed by atoms with Crippen LogP contribution in [0.15, 0.2) is 47.1 Å². The van der Waals surface area contributed by atoms with E-state index in [9.17, 15) is 0 Å². The largest absolute Gasteiger partial charge is 0.229 e. The van der Waals surface area contributed by atoms with Crippen molar-refractivity contribution in [1.29, 1.82) is 0 Å². The second kappa shape index (κ2) is 6.37. The maximum atomic E-state index is 4.50. The summed E-state index contributed by atoms with van der Waals surface area (Å²) in [5.41, 5.74) is 2.50. The van der Waals surface area contributed by atoms with E-state index >= 15 is 0 Å². The Morgan fingerprint density at radius 1 is 1.15 bits per heavy atom. The highest BCUT2D eigenvalue weighted by atomic mass is 32.2. The normalized spacial score (nSPS) is 11.1. The SMILES string of the molecule is CCCCSc1ncnc2scc(-c3ccccc3)c12. The Bertz CT molecular complexity index is 692. The van der Waals surface area contributed by atoms with Crippen LogP contribution in [0.2, 0.25) is 0 Å². The van der Waals surface area contributed by atoms with Gasteiger partial charge in [0.15, 0.2) is 0 Å². The fraction of sp³-hybridized carbons (Fsp3) is 0.250. The molecule has 0 amide bonds. The number of nitrogens with zero attached hydrogens (tertiary/aromatic N) is 2. The Morgan fingerprint density at radius 3 is 2.80 bits per heavy atom. The quantitative estimate of drug-likeness (QED) is 0.365. The number of hydrogen-bond donors (Lipinski definition) is 0. The predicted octanol–water partition coefficient (Wildman–Crippen LogP) is 5.25. The van der Waals surface area contributed by atoms with E-state index in [1.165, 1.54) is 29.4 Å². The van der Waals surface area contributed by atoms with Crippen molar-refractivity contribution in [2.24, 2.45) is 0 Å². The van der Waals surface area contributed by atoms with Gasteiger partial charge in [-0.15, -0.1) is 23.1 Å². The van der Waals surface area contributed by atoms with Gasteiger partial charge in [0.2, 0.25) is 0 Å². The average Bonchev–Trinajstić information content (AvgIpc) is 2.93. The molecule has 0 aliphatic rings. The number of aromatic nitrogens is 2. The lowest BCUT2D eigenvalue weighted by molar-refractivity contribution is 0.895. The molecule has 0 atom stereocenters. The molecule has 2 heterocycles. The number of unbranched alkanes of at least 4 members (excludes halogenated alkanes) is 1. The number of rotatable bonds is 5. The highest BCUT2D eigenvalue weighted by Gasteiger charge is 2.12. The Labute approximate surface area is 127 Å². The standard InChI is InChI=1S/C16H16N2S2/c1-2-3-9-19-15-14-13(12-7-5-4-6-8-12)10-20-16(14)18-11-17-15/h4-8,10-11H,2-3,9H2,1H3. The Balaban J connectivity index is 2.05. The zero-order chi connectivity index (χ0) is 13.8. The lowest BCUT2D eigenvalue weighted by Gasteiger charge is -2.04. The lowest BCUT2D eigenvalue weighted by Crippen LogP contribution is -1.87. The highest BCUT2D eigenvalue weighted by molar-refractivity contribution is 7.99. The smallest absolute Gasteiger partial charge is 0.128 e. The summed E-state index contributed by atoms with van der Waals surface area (Å²) in [6.45, 7) is 2.22. The molecule has 0 aliphatic heterocycles. The van der Waals surface area contributed by atoms with Crippen LogP contribution in [0.3, 0.4) is 0 Å². The Hall–Kier alpha value is -1.39. The molecule has 102 valence electrons. The summed E-state index contributed by atoms with van der Waals surface area (Å²) in [4.78, 5) is 9.99. The molecule has 0 radical (unpaired) electrons. The van der Waals surface area contributed by atoms with Crippen LogP contribution < -0.4 is 0 Å². The summed E-state index contributed by atoms with van der Waals surface area (Å²) in [5, 5.41) is 4.52. The van der Waals surface area contributed by atoms with Gasteiger partial charge >= 0.3 is 0 Å². The van der Waals surface area contributed by atoms with Gasteiger partial charge in [-0.05, 0) is 17.7 Å². The summed E-state index contributed by atoms with van der Waals surface area (Å²) in [5.74, 6) is 1.12. The van der Waals surface area contributed by atoms with Gasteiger partial charge < -0.3 is 0 Å². The number of hydrogen-bond acceptors (Lipinski definition) is 4. The molecule has 2 nitrogen and oxygen atoms in total. The topological polar surface area (TPSA) is 25.8 Å². The van der Waals surface area contributed by atoms with Crippen LogP contribution in [0.5, 0.6) is 0 Å². The fourth-order valence-electron chi connectivity index (χ4n) is 2.10. The second-order valence-electron chi connectivity index (χ2n) is 4.58. The molecule has 1 aromatic carbocycles. The molecular weight excluding hydrogens is 284 g/mol. The predicted molar refractivity (Wildman–Crippen MR) is 88.5 cm³/mol. The molecular formula is C16H16N2S2. The number of thiophene rings is 1. The summed E-state index contributed by atoms with van der Waals surface area (Å²) < 4.78 is 0. The van der Waals surface area contributed by atoms with Gasteiger partial charge in [0.05, 0.1) is 5.39 Å². The van der Waals surface area contributed by atoms with Gasteiger partial charge in [0.25, 0.3) is 0 Å². The molecule has 0 bridgehead atoms. The van der Waals surface area contributed by atoms with E-state index < -0.39 is 0 Å². The van der Waals surface area contributed by atoms with Gasteiger partial charge in [0, 0.05) is 10.9 Å². The average molecular weight is 300 g/mol. The van der Waals surface area contributed by atoms with Crippen LogP contribution in [0, 0.1) is 0 Å². The maximum Gasteiger partial charge on any atom is 0.128 e. The molecule has 0 fully saturated rings. The maximum absolute atomic E-state index is 4.50. The van der Waals surface area contributed by atoms with Crippen molar-refractivity contribution in [2.45, 2.75) is 24.8 Å². The summed E-state index contributed by atoms with van der Waals surface area (Å²) in [7, 11) is 0. The first kappa shape index (κ1) is 13.6. The molecule has 0 saturated heterocycles. The van der Waals surface area contributed by atoms with E-state index in [4.69, 9.17) is 0 Å². The minimum Gasteiger partial charge on any atom is -0.229 e. The minimum absolute atomic E-state index is 1.08. The zero-order valence-electron chi connectivity index (χ0n) is 11.4. The van der Waals surface area contributed by atoms with Crippen molar-refractivity contribution in [3.05, 3.63) is 42.0 Å². The first-order chi connectivity index (χ1) is 9.90. The van der Waals surface area contributed by atoms with Crippen LogP contribution in [-0.4, -0.2) is 15.7 Å². The molecule has 2 aromatic heterocycles. The first-order valence-corrected chi connectivity index (χ1v) is 8.67.